The monoisotopic (exact) mass is 230 g/mol. The standard InChI is InChI=1S/C14H14OS/c1-3-14-12(7-8-16-14)9-11-5-4-6-13(10-11)15-2/h3-8,10H,1,9H2,2H3. The molecule has 0 saturated carbocycles. The van der Waals surface area contributed by atoms with Crippen molar-refractivity contribution in [2.24, 2.45) is 0 Å². The molecule has 0 aliphatic heterocycles. The van der Waals surface area contributed by atoms with E-state index >= 15 is 0 Å². The molecule has 0 bridgehead atoms. The second kappa shape index (κ2) is 4.99. The molecule has 2 aromatic rings. The van der Waals surface area contributed by atoms with Crippen LogP contribution in [0, 0.1) is 0 Å². The molecular formula is C14H14OS. The van der Waals surface area contributed by atoms with Gasteiger partial charge in [-0.25, -0.2) is 0 Å². The van der Waals surface area contributed by atoms with Crippen LogP contribution in [0.15, 0.2) is 42.3 Å². The summed E-state index contributed by atoms with van der Waals surface area (Å²) in [6.45, 7) is 3.82. The maximum atomic E-state index is 5.21. The van der Waals surface area contributed by atoms with Crippen LogP contribution < -0.4 is 4.74 Å². The zero-order valence-electron chi connectivity index (χ0n) is 9.27. The van der Waals surface area contributed by atoms with Gasteiger partial charge in [0.2, 0.25) is 0 Å². The minimum absolute atomic E-state index is 0.910. The molecule has 0 aliphatic rings. The van der Waals surface area contributed by atoms with Crippen molar-refractivity contribution in [2.75, 3.05) is 7.11 Å². The summed E-state index contributed by atoms with van der Waals surface area (Å²) in [6.07, 6.45) is 2.85. The summed E-state index contributed by atoms with van der Waals surface area (Å²) in [4.78, 5) is 1.25. The molecule has 2 heteroatoms. The molecule has 0 saturated heterocycles. The first-order valence-electron chi connectivity index (χ1n) is 5.15. The lowest BCUT2D eigenvalue weighted by Crippen LogP contribution is -1.89. The fraction of sp³-hybridized carbons (Fsp3) is 0.143. The van der Waals surface area contributed by atoms with Crippen molar-refractivity contribution in [1.82, 2.24) is 0 Å². The number of hydrogen-bond donors (Lipinski definition) is 0. The Labute approximate surface area is 100 Å². The highest BCUT2D eigenvalue weighted by Gasteiger charge is 2.03. The number of rotatable bonds is 4. The maximum absolute atomic E-state index is 5.21. The van der Waals surface area contributed by atoms with Gasteiger partial charge in [-0.15, -0.1) is 11.3 Å². The first-order chi connectivity index (χ1) is 7.83. The molecule has 0 spiro atoms. The van der Waals surface area contributed by atoms with Gasteiger partial charge in [-0.2, -0.15) is 0 Å². The Kier molecular flexibility index (Phi) is 3.42. The lowest BCUT2D eigenvalue weighted by molar-refractivity contribution is 0.414. The van der Waals surface area contributed by atoms with Crippen molar-refractivity contribution in [3.05, 3.63) is 58.3 Å². The van der Waals surface area contributed by atoms with Gasteiger partial charge in [0.25, 0.3) is 0 Å². The van der Waals surface area contributed by atoms with Crippen LogP contribution in [0.5, 0.6) is 5.75 Å². The molecule has 0 amide bonds. The van der Waals surface area contributed by atoms with Crippen molar-refractivity contribution in [2.45, 2.75) is 6.42 Å². The molecule has 1 aromatic heterocycles. The van der Waals surface area contributed by atoms with Crippen LogP contribution in [0.1, 0.15) is 16.0 Å². The molecule has 0 fully saturated rings. The number of benzene rings is 1. The van der Waals surface area contributed by atoms with E-state index in [9.17, 15) is 0 Å². The molecule has 0 radical (unpaired) electrons. The minimum atomic E-state index is 0.910. The van der Waals surface area contributed by atoms with E-state index in [2.05, 4.69) is 30.2 Å². The van der Waals surface area contributed by atoms with Crippen molar-refractivity contribution in [3.63, 3.8) is 0 Å². The van der Waals surface area contributed by atoms with E-state index in [1.54, 1.807) is 18.4 Å². The number of methoxy groups -OCH3 is 1. The Morgan fingerprint density at radius 1 is 1.38 bits per heavy atom. The molecule has 1 aromatic carbocycles. The van der Waals surface area contributed by atoms with Crippen molar-refractivity contribution in [3.8, 4) is 5.75 Å². The highest BCUT2D eigenvalue weighted by molar-refractivity contribution is 7.11. The summed E-state index contributed by atoms with van der Waals surface area (Å²) in [5.41, 5.74) is 2.59. The van der Waals surface area contributed by atoms with E-state index in [0.29, 0.717) is 0 Å². The fourth-order valence-corrected chi connectivity index (χ4v) is 2.44. The predicted molar refractivity (Wildman–Crippen MR) is 70.2 cm³/mol. The summed E-state index contributed by atoms with van der Waals surface area (Å²) in [5, 5.41) is 2.10. The SMILES string of the molecule is C=Cc1sccc1Cc1cccc(OC)c1. The topological polar surface area (TPSA) is 9.23 Å². The molecule has 16 heavy (non-hydrogen) atoms. The lowest BCUT2D eigenvalue weighted by atomic mass is 10.1. The van der Waals surface area contributed by atoms with Gasteiger partial charge < -0.3 is 4.74 Å². The summed E-state index contributed by atoms with van der Waals surface area (Å²) < 4.78 is 5.21. The van der Waals surface area contributed by atoms with Gasteiger partial charge in [0.15, 0.2) is 0 Å². The summed E-state index contributed by atoms with van der Waals surface area (Å²) in [7, 11) is 1.69. The Morgan fingerprint density at radius 2 is 2.25 bits per heavy atom. The molecular weight excluding hydrogens is 216 g/mol. The Morgan fingerprint density at radius 3 is 3.00 bits per heavy atom. The second-order valence-corrected chi connectivity index (χ2v) is 4.49. The zero-order valence-corrected chi connectivity index (χ0v) is 10.1. The predicted octanol–water partition coefficient (Wildman–Crippen LogP) is 3.99. The average Bonchev–Trinajstić information content (AvgIpc) is 2.76. The maximum Gasteiger partial charge on any atom is 0.119 e. The highest BCUT2D eigenvalue weighted by atomic mass is 32.1. The van der Waals surface area contributed by atoms with Crippen LogP contribution in [-0.4, -0.2) is 7.11 Å². The first-order valence-corrected chi connectivity index (χ1v) is 6.03. The third-order valence-corrected chi connectivity index (χ3v) is 3.45. The van der Waals surface area contributed by atoms with Crippen LogP contribution in [0.4, 0.5) is 0 Å². The van der Waals surface area contributed by atoms with E-state index in [-0.39, 0.29) is 0 Å². The quantitative estimate of drug-likeness (QED) is 0.771. The highest BCUT2D eigenvalue weighted by Crippen LogP contribution is 2.22. The van der Waals surface area contributed by atoms with E-state index in [0.717, 1.165) is 12.2 Å². The van der Waals surface area contributed by atoms with Gasteiger partial charge in [0.1, 0.15) is 5.75 Å². The van der Waals surface area contributed by atoms with Gasteiger partial charge in [0.05, 0.1) is 7.11 Å². The summed E-state index contributed by atoms with van der Waals surface area (Å²) in [6, 6.07) is 10.3. The van der Waals surface area contributed by atoms with Crippen LogP contribution in [0.2, 0.25) is 0 Å². The second-order valence-electron chi connectivity index (χ2n) is 3.54. The van der Waals surface area contributed by atoms with E-state index in [4.69, 9.17) is 4.74 Å². The largest absolute Gasteiger partial charge is 0.497 e. The lowest BCUT2D eigenvalue weighted by Gasteiger charge is -2.04. The number of thiophene rings is 1. The Bertz CT molecular complexity index is 485. The molecule has 1 heterocycles. The average molecular weight is 230 g/mol. The van der Waals surface area contributed by atoms with E-state index < -0.39 is 0 Å². The van der Waals surface area contributed by atoms with Crippen LogP contribution in [0.3, 0.4) is 0 Å². The normalized spacial score (nSPS) is 10.1. The molecule has 0 N–H and O–H groups in total. The van der Waals surface area contributed by atoms with Gasteiger partial charge in [0, 0.05) is 4.88 Å². The fourth-order valence-electron chi connectivity index (χ4n) is 1.67. The van der Waals surface area contributed by atoms with Gasteiger partial charge in [-0.1, -0.05) is 24.8 Å². The van der Waals surface area contributed by atoms with Crippen molar-refractivity contribution in [1.29, 1.82) is 0 Å². The molecule has 0 aliphatic carbocycles. The molecule has 1 nitrogen and oxygen atoms in total. The molecule has 82 valence electrons. The van der Waals surface area contributed by atoms with Crippen molar-refractivity contribution >= 4 is 17.4 Å². The zero-order chi connectivity index (χ0) is 11.4. The molecule has 2 rings (SSSR count). The van der Waals surface area contributed by atoms with Crippen LogP contribution >= 0.6 is 11.3 Å². The van der Waals surface area contributed by atoms with Gasteiger partial charge >= 0.3 is 0 Å². The minimum Gasteiger partial charge on any atom is -0.497 e. The Balaban J connectivity index is 2.23. The third-order valence-electron chi connectivity index (χ3n) is 2.49. The molecule has 0 unspecified atom stereocenters. The van der Waals surface area contributed by atoms with Gasteiger partial charge in [-0.05, 0) is 41.1 Å². The summed E-state index contributed by atoms with van der Waals surface area (Å²) >= 11 is 1.73. The summed E-state index contributed by atoms with van der Waals surface area (Å²) in [5.74, 6) is 0.910. The van der Waals surface area contributed by atoms with Gasteiger partial charge in [-0.3, -0.25) is 0 Å². The molecule has 0 atom stereocenters. The number of hydrogen-bond acceptors (Lipinski definition) is 2. The van der Waals surface area contributed by atoms with E-state index in [1.807, 2.05) is 18.2 Å². The third kappa shape index (κ3) is 2.34. The van der Waals surface area contributed by atoms with Crippen molar-refractivity contribution < 1.29 is 4.74 Å². The Hall–Kier alpha value is -1.54. The number of ether oxygens (including phenoxy) is 1. The smallest absolute Gasteiger partial charge is 0.119 e. The van der Waals surface area contributed by atoms with E-state index in [1.165, 1.54) is 16.0 Å². The first kappa shape index (κ1) is 11.0. The van der Waals surface area contributed by atoms with Crippen LogP contribution in [-0.2, 0) is 6.42 Å². The van der Waals surface area contributed by atoms with Crippen LogP contribution in [0.25, 0.3) is 6.08 Å².